The van der Waals surface area contributed by atoms with Crippen LogP contribution in [-0.2, 0) is 0 Å². The Morgan fingerprint density at radius 2 is 1.78 bits per heavy atom. The molecule has 1 fully saturated rings. The zero-order chi connectivity index (χ0) is 25.9. The van der Waals surface area contributed by atoms with E-state index in [1.807, 2.05) is 24.0 Å². The van der Waals surface area contributed by atoms with Gasteiger partial charge >= 0.3 is 6.18 Å². The first-order valence-corrected chi connectivity index (χ1v) is 11.1. The predicted octanol–water partition coefficient (Wildman–Crippen LogP) is 2.81. The minimum absolute atomic E-state index is 0.0639. The number of nitrogens with one attached hydrogen (secondary N) is 1. The SMILES string of the molecule is Cc1cc(C(=O)N2CCN(c3ccc(C(=O)NCC(F)(F)F)nn3)CC2)ccc1-c1cncc(O)c1. The summed E-state index contributed by atoms with van der Waals surface area (Å²) in [5.74, 6) is -0.534. The molecule has 188 valence electrons. The zero-order valence-corrected chi connectivity index (χ0v) is 19.3. The molecule has 1 aliphatic rings. The van der Waals surface area contributed by atoms with E-state index < -0.39 is 18.6 Å². The highest BCUT2D eigenvalue weighted by Gasteiger charge is 2.28. The summed E-state index contributed by atoms with van der Waals surface area (Å²) in [5, 5.41) is 19.1. The summed E-state index contributed by atoms with van der Waals surface area (Å²) in [6.07, 6.45) is -1.51. The van der Waals surface area contributed by atoms with Crippen LogP contribution in [0, 0.1) is 6.92 Å². The number of nitrogens with zero attached hydrogens (tertiary/aromatic N) is 5. The van der Waals surface area contributed by atoms with Gasteiger partial charge in [0, 0.05) is 43.5 Å². The van der Waals surface area contributed by atoms with Gasteiger partial charge in [0.25, 0.3) is 11.8 Å². The third kappa shape index (κ3) is 5.88. The molecule has 0 saturated carbocycles. The fourth-order valence-corrected chi connectivity index (χ4v) is 3.90. The van der Waals surface area contributed by atoms with Crippen LogP contribution in [0.25, 0.3) is 11.1 Å². The molecule has 0 aliphatic carbocycles. The molecule has 0 atom stereocenters. The Hall–Kier alpha value is -4.22. The molecule has 1 saturated heterocycles. The van der Waals surface area contributed by atoms with Gasteiger partial charge < -0.3 is 20.2 Å². The third-order valence-corrected chi connectivity index (χ3v) is 5.73. The topological polar surface area (TPSA) is 112 Å². The molecular weight excluding hydrogens is 477 g/mol. The van der Waals surface area contributed by atoms with Crippen LogP contribution in [0.15, 0.2) is 48.8 Å². The smallest absolute Gasteiger partial charge is 0.405 e. The van der Waals surface area contributed by atoms with Crippen LogP contribution in [0.2, 0.25) is 0 Å². The minimum atomic E-state index is -4.51. The van der Waals surface area contributed by atoms with E-state index in [4.69, 9.17) is 0 Å². The number of aromatic nitrogens is 3. The number of benzene rings is 1. The fourth-order valence-electron chi connectivity index (χ4n) is 3.90. The van der Waals surface area contributed by atoms with E-state index in [9.17, 15) is 27.9 Å². The molecule has 4 rings (SSSR count). The van der Waals surface area contributed by atoms with Crippen LogP contribution in [-0.4, -0.2) is 75.9 Å². The Morgan fingerprint density at radius 3 is 2.39 bits per heavy atom. The zero-order valence-electron chi connectivity index (χ0n) is 19.3. The van der Waals surface area contributed by atoms with Crippen molar-refractivity contribution in [3.05, 3.63) is 65.6 Å². The number of carbonyl (C=O) groups excluding carboxylic acids is 2. The molecule has 36 heavy (non-hydrogen) atoms. The van der Waals surface area contributed by atoms with E-state index in [1.54, 1.807) is 28.5 Å². The highest BCUT2D eigenvalue weighted by molar-refractivity contribution is 5.95. The maximum absolute atomic E-state index is 13.1. The van der Waals surface area contributed by atoms with Gasteiger partial charge in [0.1, 0.15) is 12.3 Å². The van der Waals surface area contributed by atoms with E-state index in [0.717, 1.165) is 16.7 Å². The van der Waals surface area contributed by atoms with Crippen LogP contribution in [0.5, 0.6) is 5.75 Å². The average molecular weight is 500 g/mol. The lowest BCUT2D eigenvalue weighted by Crippen LogP contribution is -2.49. The molecule has 3 heterocycles. The van der Waals surface area contributed by atoms with Crippen molar-refractivity contribution >= 4 is 17.6 Å². The van der Waals surface area contributed by atoms with E-state index >= 15 is 0 Å². The minimum Gasteiger partial charge on any atom is -0.506 e. The molecule has 9 nitrogen and oxygen atoms in total. The van der Waals surface area contributed by atoms with E-state index in [-0.39, 0.29) is 17.4 Å². The number of rotatable bonds is 5. The average Bonchev–Trinajstić information content (AvgIpc) is 2.86. The molecule has 1 aromatic carbocycles. The standard InChI is InChI=1S/C24H23F3N6O3/c1-15-10-16(2-3-19(15)17-11-18(34)13-28-12-17)23(36)33-8-6-32(7-9-33)21-5-4-20(30-31-21)22(35)29-14-24(25,26)27/h2-5,10-13,34H,6-9,14H2,1H3,(H,29,35). The highest BCUT2D eigenvalue weighted by atomic mass is 19.4. The van der Waals surface area contributed by atoms with E-state index in [1.165, 1.54) is 18.3 Å². The van der Waals surface area contributed by atoms with Crippen molar-refractivity contribution in [3.8, 4) is 16.9 Å². The Morgan fingerprint density at radius 1 is 1.03 bits per heavy atom. The number of hydrogen-bond donors (Lipinski definition) is 2. The number of aryl methyl sites for hydroxylation is 1. The van der Waals surface area contributed by atoms with Gasteiger partial charge in [0.05, 0.1) is 6.20 Å². The molecule has 0 radical (unpaired) electrons. The van der Waals surface area contributed by atoms with Crippen molar-refractivity contribution < 1.29 is 27.9 Å². The highest BCUT2D eigenvalue weighted by Crippen LogP contribution is 2.26. The fraction of sp³-hybridized carbons (Fsp3) is 0.292. The summed E-state index contributed by atoms with van der Waals surface area (Å²) < 4.78 is 36.8. The number of alkyl halides is 3. The Labute approximate surface area is 204 Å². The van der Waals surface area contributed by atoms with Crippen molar-refractivity contribution in [2.24, 2.45) is 0 Å². The molecular formula is C24H23F3N6O3. The van der Waals surface area contributed by atoms with Crippen molar-refractivity contribution in [3.63, 3.8) is 0 Å². The largest absolute Gasteiger partial charge is 0.506 e. The van der Waals surface area contributed by atoms with Gasteiger partial charge in [-0.15, -0.1) is 10.2 Å². The van der Waals surface area contributed by atoms with E-state index in [2.05, 4.69) is 15.2 Å². The van der Waals surface area contributed by atoms with Crippen molar-refractivity contribution in [2.45, 2.75) is 13.1 Å². The number of hydrogen-bond acceptors (Lipinski definition) is 7. The van der Waals surface area contributed by atoms with Crippen LogP contribution < -0.4 is 10.2 Å². The Kier molecular flexibility index (Phi) is 7.04. The molecule has 12 heteroatoms. The molecule has 2 amide bonds. The normalized spacial score (nSPS) is 14.0. The maximum atomic E-state index is 13.1. The number of halogens is 3. The summed E-state index contributed by atoms with van der Waals surface area (Å²) in [7, 11) is 0. The second-order valence-electron chi connectivity index (χ2n) is 8.32. The molecule has 0 unspecified atom stereocenters. The second-order valence-corrected chi connectivity index (χ2v) is 8.32. The Balaban J connectivity index is 1.35. The van der Waals surface area contributed by atoms with Gasteiger partial charge in [-0.1, -0.05) is 6.07 Å². The van der Waals surface area contributed by atoms with Crippen LogP contribution in [0.1, 0.15) is 26.4 Å². The predicted molar refractivity (Wildman–Crippen MR) is 125 cm³/mol. The van der Waals surface area contributed by atoms with Gasteiger partial charge in [0.15, 0.2) is 11.5 Å². The lowest BCUT2D eigenvalue weighted by molar-refractivity contribution is -0.123. The van der Waals surface area contributed by atoms with Crippen LogP contribution >= 0.6 is 0 Å². The summed E-state index contributed by atoms with van der Waals surface area (Å²) in [6, 6.07) is 9.83. The number of pyridine rings is 1. The molecule has 1 aliphatic heterocycles. The van der Waals surface area contributed by atoms with E-state index in [0.29, 0.717) is 37.6 Å². The first-order valence-electron chi connectivity index (χ1n) is 11.1. The Bertz CT molecular complexity index is 1260. The van der Waals surface area contributed by atoms with Gasteiger partial charge in [-0.05, 0) is 48.4 Å². The number of amides is 2. The second kappa shape index (κ2) is 10.2. The first kappa shape index (κ1) is 24.9. The maximum Gasteiger partial charge on any atom is 0.405 e. The number of anilines is 1. The monoisotopic (exact) mass is 500 g/mol. The van der Waals surface area contributed by atoms with Gasteiger partial charge in [-0.25, -0.2) is 0 Å². The third-order valence-electron chi connectivity index (χ3n) is 5.73. The van der Waals surface area contributed by atoms with Gasteiger partial charge in [-0.2, -0.15) is 13.2 Å². The first-order chi connectivity index (χ1) is 17.1. The summed E-state index contributed by atoms with van der Waals surface area (Å²) in [4.78, 5) is 32.4. The number of piperazine rings is 1. The molecule has 0 bridgehead atoms. The van der Waals surface area contributed by atoms with Gasteiger partial charge in [0.2, 0.25) is 0 Å². The van der Waals surface area contributed by atoms with Crippen molar-refractivity contribution in [1.29, 1.82) is 0 Å². The van der Waals surface area contributed by atoms with Crippen LogP contribution in [0.3, 0.4) is 0 Å². The van der Waals surface area contributed by atoms with Gasteiger partial charge in [-0.3, -0.25) is 14.6 Å². The lowest BCUT2D eigenvalue weighted by Gasteiger charge is -2.35. The van der Waals surface area contributed by atoms with Crippen molar-refractivity contribution in [2.75, 3.05) is 37.6 Å². The quantitative estimate of drug-likeness (QED) is 0.554. The summed E-state index contributed by atoms with van der Waals surface area (Å²) in [5.41, 5.74) is 2.84. The summed E-state index contributed by atoms with van der Waals surface area (Å²) >= 11 is 0. The molecule has 3 aromatic rings. The van der Waals surface area contributed by atoms with Crippen molar-refractivity contribution in [1.82, 2.24) is 25.4 Å². The summed E-state index contributed by atoms with van der Waals surface area (Å²) in [6.45, 7) is 2.27. The molecule has 0 spiro atoms. The number of aromatic hydroxyl groups is 1. The molecule has 2 aromatic heterocycles. The van der Waals surface area contributed by atoms with Crippen LogP contribution in [0.4, 0.5) is 19.0 Å². The lowest BCUT2D eigenvalue weighted by atomic mass is 9.99. The number of carbonyl (C=O) groups is 2. The molecule has 2 N–H and O–H groups in total.